The van der Waals surface area contributed by atoms with Crippen LogP contribution in [0.3, 0.4) is 0 Å². The van der Waals surface area contributed by atoms with E-state index in [1.165, 1.54) is 29.1 Å². The summed E-state index contributed by atoms with van der Waals surface area (Å²) >= 11 is 5.91. The number of nitrogens with two attached hydrogens (primary N) is 1. The fourth-order valence-corrected chi connectivity index (χ4v) is 3.12. The van der Waals surface area contributed by atoms with Gasteiger partial charge < -0.3 is 15.6 Å². The van der Waals surface area contributed by atoms with E-state index in [9.17, 15) is 9.90 Å². The van der Waals surface area contributed by atoms with Gasteiger partial charge in [-0.15, -0.1) is 5.10 Å². The van der Waals surface area contributed by atoms with Crippen LogP contribution in [0.4, 0.5) is 5.82 Å². The zero-order valence-corrected chi connectivity index (χ0v) is 16.9. The predicted molar refractivity (Wildman–Crippen MR) is 108 cm³/mol. The van der Waals surface area contributed by atoms with E-state index in [1.54, 1.807) is 0 Å². The molecule has 0 atom stereocenters. The van der Waals surface area contributed by atoms with Crippen molar-refractivity contribution in [3.8, 4) is 11.6 Å². The van der Waals surface area contributed by atoms with Gasteiger partial charge in [0, 0.05) is 30.2 Å². The molecule has 1 fully saturated rings. The highest BCUT2D eigenvalue weighted by Gasteiger charge is 2.26. The van der Waals surface area contributed by atoms with Gasteiger partial charge in [0.15, 0.2) is 5.69 Å². The molecule has 1 saturated heterocycles. The van der Waals surface area contributed by atoms with Crippen LogP contribution in [-0.2, 0) is 11.3 Å². The lowest BCUT2D eigenvalue weighted by Gasteiger charge is -2.26. The quantitative estimate of drug-likeness (QED) is 0.350. The van der Waals surface area contributed by atoms with E-state index in [2.05, 4.69) is 40.7 Å². The molecule has 13 nitrogen and oxygen atoms in total. The van der Waals surface area contributed by atoms with Crippen LogP contribution in [0, 0.1) is 0 Å². The molecule has 4 N–H and O–H groups in total. The second-order valence-corrected chi connectivity index (χ2v) is 7.00. The average molecular weight is 448 g/mol. The number of benzene rings is 1. The highest BCUT2D eigenvalue weighted by Crippen LogP contribution is 2.20. The second kappa shape index (κ2) is 9.07. The molecule has 0 saturated carbocycles. The summed E-state index contributed by atoms with van der Waals surface area (Å²) in [6.07, 6.45) is 1.27. The van der Waals surface area contributed by atoms with E-state index < -0.39 is 5.91 Å². The molecule has 162 valence electrons. The monoisotopic (exact) mass is 447 g/mol. The minimum atomic E-state index is -0.609. The van der Waals surface area contributed by atoms with Crippen LogP contribution in [0.2, 0.25) is 5.02 Å². The van der Waals surface area contributed by atoms with Crippen LogP contribution in [-0.4, -0.2) is 73.7 Å². The van der Waals surface area contributed by atoms with Gasteiger partial charge in [-0.1, -0.05) is 16.8 Å². The molecule has 14 heteroatoms. The molecule has 1 aromatic carbocycles. The minimum absolute atomic E-state index is 0.00883. The maximum absolute atomic E-state index is 12.8. The molecule has 2 aromatic heterocycles. The maximum Gasteiger partial charge on any atom is 0.293 e. The Hall–Kier alpha value is -3.55. The number of hydrogen-bond acceptors (Lipinski definition) is 11. The Morgan fingerprint density at radius 1 is 1.35 bits per heavy atom. The van der Waals surface area contributed by atoms with Crippen molar-refractivity contribution in [3.05, 3.63) is 40.2 Å². The second-order valence-electron chi connectivity index (χ2n) is 6.56. The van der Waals surface area contributed by atoms with Crippen LogP contribution >= 0.6 is 11.6 Å². The number of morpholine rings is 1. The number of nitrogen functional groups attached to an aromatic ring is 1. The van der Waals surface area contributed by atoms with Crippen LogP contribution in [0.15, 0.2) is 27.9 Å². The van der Waals surface area contributed by atoms with E-state index in [0.717, 1.165) is 0 Å². The van der Waals surface area contributed by atoms with Crippen LogP contribution in [0.25, 0.3) is 5.82 Å². The molecule has 4 rings (SSSR count). The number of anilines is 1. The first-order valence-electron chi connectivity index (χ1n) is 9.18. The summed E-state index contributed by atoms with van der Waals surface area (Å²) in [5, 5.41) is 29.4. The van der Waals surface area contributed by atoms with Crippen molar-refractivity contribution >= 4 is 29.5 Å². The number of rotatable bonds is 6. The molecule has 1 aliphatic heterocycles. The third kappa shape index (κ3) is 4.63. The molecule has 0 unspecified atom stereocenters. The van der Waals surface area contributed by atoms with Gasteiger partial charge in [0.2, 0.25) is 11.6 Å². The van der Waals surface area contributed by atoms with Gasteiger partial charge in [0.05, 0.1) is 25.1 Å². The number of ether oxygens (including phenoxy) is 1. The molecule has 1 aliphatic rings. The number of carbonyl (C=O) groups excluding carboxylic acids is 1. The molecule has 0 aliphatic carbocycles. The van der Waals surface area contributed by atoms with Crippen molar-refractivity contribution in [1.82, 2.24) is 35.6 Å². The van der Waals surface area contributed by atoms with Gasteiger partial charge >= 0.3 is 0 Å². The van der Waals surface area contributed by atoms with Gasteiger partial charge in [-0.05, 0) is 28.5 Å². The number of carbonyl (C=O) groups is 1. The highest BCUT2D eigenvalue weighted by atomic mass is 35.5. The number of phenolic OH excluding ortho intramolecular Hbond substituents is 1. The molecular weight excluding hydrogens is 430 g/mol. The summed E-state index contributed by atoms with van der Waals surface area (Å²) in [5.41, 5.74) is 8.96. The Bertz CT molecular complexity index is 1110. The van der Waals surface area contributed by atoms with Crippen LogP contribution in [0.5, 0.6) is 5.75 Å². The number of phenols is 1. The number of halogens is 1. The lowest BCUT2D eigenvalue weighted by atomic mass is 10.2. The molecule has 0 spiro atoms. The summed E-state index contributed by atoms with van der Waals surface area (Å²) in [6.45, 7) is 2.83. The Morgan fingerprint density at radius 2 is 2.16 bits per heavy atom. The van der Waals surface area contributed by atoms with E-state index in [0.29, 0.717) is 49.1 Å². The maximum atomic E-state index is 12.8. The van der Waals surface area contributed by atoms with Crippen molar-refractivity contribution < 1.29 is 19.3 Å². The Kier molecular flexibility index (Phi) is 6.06. The van der Waals surface area contributed by atoms with Crippen LogP contribution < -0.4 is 11.2 Å². The predicted octanol–water partition coefficient (Wildman–Crippen LogP) is 0.188. The number of aromatic nitrogens is 5. The third-order valence-electron chi connectivity index (χ3n) is 4.51. The number of amides is 1. The lowest BCUT2D eigenvalue weighted by molar-refractivity contribution is 0.0332. The Labute approximate surface area is 180 Å². The van der Waals surface area contributed by atoms with Crippen molar-refractivity contribution in [2.24, 2.45) is 5.10 Å². The number of hydrazone groups is 1. The third-order valence-corrected chi connectivity index (χ3v) is 4.75. The van der Waals surface area contributed by atoms with Crippen molar-refractivity contribution in [2.45, 2.75) is 6.54 Å². The molecular formula is C17H18ClN9O4. The molecule has 1 amide bonds. The summed E-state index contributed by atoms with van der Waals surface area (Å²) < 4.78 is 11.3. The smallest absolute Gasteiger partial charge is 0.293 e. The minimum Gasteiger partial charge on any atom is -0.507 e. The van der Waals surface area contributed by atoms with Crippen molar-refractivity contribution in [2.75, 3.05) is 32.0 Å². The van der Waals surface area contributed by atoms with Gasteiger partial charge in [-0.2, -0.15) is 9.78 Å². The van der Waals surface area contributed by atoms with Crippen molar-refractivity contribution in [1.29, 1.82) is 0 Å². The molecule has 3 aromatic rings. The normalized spacial score (nSPS) is 14.9. The summed E-state index contributed by atoms with van der Waals surface area (Å²) in [4.78, 5) is 14.8. The zero-order valence-electron chi connectivity index (χ0n) is 16.1. The van der Waals surface area contributed by atoms with Gasteiger partial charge in [0.25, 0.3) is 5.91 Å². The first kappa shape index (κ1) is 20.7. The first-order chi connectivity index (χ1) is 15.0. The number of hydrogen-bond donors (Lipinski definition) is 3. The molecule has 31 heavy (non-hydrogen) atoms. The lowest BCUT2D eigenvalue weighted by Crippen LogP contribution is -2.37. The first-order valence-corrected chi connectivity index (χ1v) is 9.55. The van der Waals surface area contributed by atoms with Gasteiger partial charge in [-0.3, -0.25) is 9.69 Å². The number of nitrogens with one attached hydrogen (secondary N) is 1. The van der Waals surface area contributed by atoms with E-state index in [4.69, 9.17) is 22.1 Å². The van der Waals surface area contributed by atoms with E-state index in [1.807, 2.05) is 0 Å². The SMILES string of the molecule is Nc1nonc1-n1nnc(C(=O)N/N=C/c2cc(Cl)ccc2O)c1CN1CCOCC1. The summed E-state index contributed by atoms with van der Waals surface area (Å²) in [5.74, 6) is -0.505. The topological polar surface area (TPSA) is 170 Å². The zero-order chi connectivity index (χ0) is 21.8. The molecule has 0 radical (unpaired) electrons. The average Bonchev–Trinajstić information content (AvgIpc) is 3.37. The summed E-state index contributed by atoms with van der Waals surface area (Å²) in [6, 6.07) is 4.47. The molecule has 0 bridgehead atoms. The molecule has 3 heterocycles. The Morgan fingerprint density at radius 3 is 2.90 bits per heavy atom. The largest absolute Gasteiger partial charge is 0.507 e. The van der Waals surface area contributed by atoms with E-state index in [-0.39, 0.29) is 23.1 Å². The van der Waals surface area contributed by atoms with Gasteiger partial charge in [0.1, 0.15) is 5.75 Å². The fourth-order valence-electron chi connectivity index (χ4n) is 2.94. The Balaban J connectivity index is 1.58. The summed E-state index contributed by atoms with van der Waals surface area (Å²) in [7, 11) is 0. The van der Waals surface area contributed by atoms with Crippen LogP contribution in [0.1, 0.15) is 21.7 Å². The van der Waals surface area contributed by atoms with Gasteiger partial charge in [-0.25, -0.2) is 10.1 Å². The standard InChI is InChI=1S/C17H18ClN9O4/c18-11-1-2-13(28)10(7-11)8-20-22-17(29)14-12(9-26-3-5-30-6-4-26)27(25-21-14)16-15(19)23-31-24-16/h1-2,7-8,28H,3-6,9H2,(H2,19,23)(H,22,29)/b20-8+. The number of nitrogens with zero attached hydrogens (tertiary/aromatic N) is 7. The van der Waals surface area contributed by atoms with E-state index >= 15 is 0 Å². The highest BCUT2D eigenvalue weighted by molar-refractivity contribution is 6.30. The number of aromatic hydroxyl groups is 1. The van der Waals surface area contributed by atoms with Crippen molar-refractivity contribution in [3.63, 3.8) is 0 Å². The fraction of sp³-hybridized carbons (Fsp3) is 0.294.